The van der Waals surface area contributed by atoms with Crippen LogP contribution in [0.5, 0.6) is 0 Å². The number of hydrogen-bond donors (Lipinski definition) is 0. The van der Waals surface area contributed by atoms with Gasteiger partial charge in [0.1, 0.15) is 6.33 Å². The molecule has 0 aliphatic heterocycles. The van der Waals surface area contributed by atoms with Crippen molar-refractivity contribution in [2.75, 3.05) is 0 Å². The van der Waals surface area contributed by atoms with Gasteiger partial charge in [0.2, 0.25) is 5.78 Å². The predicted molar refractivity (Wildman–Crippen MR) is 66.0 cm³/mol. The summed E-state index contributed by atoms with van der Waals surface area (Å²) in [4.78, 5) is 15.8. The Kier molecular flexibility index (Phi) is 3.37. The zero-order chi connectivity index (χ0) is 12.3. The number of allylic oxidation sites excluding steroid dienone is 2. The summed E-state index contributed by atoms with van der Waals surface area (Å²) in [6.45, 7) is 4.84. The average Bonchev–Trinajstić information content (AvgIpc) is 2.77. The first-order valence-electron chi connectivity index (χ1n) is 5.79. The molecule has 0 amide bonds. The molecule has 0 aliphatic carbocycles. The normalized spacial score (nSPS) is 11.6. The van der Waals surface area contributed by atoms with Crippen LogP contribution in [-0.2, 0) is 6.54 Å². The highest BCUT2D eigenvalue weighted by atomic mass is 16.1. The minimum absolute atomic E-state index is 0.129. The molecule has 0 atom stereocenters. The van der Waals surface area contributed by atoms with Crippen LogP contribution in [0.4, 0.5) is 0 Å². The summed E-state index contributed by atoms with van der Waals surface area (Å²) in [5.41, 5.74) is 0.788. The largest absolute Gasteiger partial charge is 0.314 e. The van der Waals surface area contributed by atoms with E-state index in [0.717, 1.165) is 25.1 Å². The number of fused-ring (bicyclic) bond motifs is 1. The van der Waals surface area contributed by atoms with E-state index in [0.29, 0.717) is 5.78 Å². The van der Waals surface area contributed by atoms with Gasteiger partial charge in [-0.3, -0.25) is 4.79 Å². The van der Waals surface area contributed by atoms with Gasteiger partial charge in [-0.2, -0.15) is 14.6 Å². The highest BCUT2D eigenvalue weighted by Gasteiger charge is 2.06. The van der Waals surface area contributed by atoms with E-state index in [1.807, 2.05) is 11.5 Å². The van der Waals surface area contributed by atoms with Crippen molar-refractivity contribution in [3.8, 4) is 0 Å². The summed E-state index contributed by atoms with van der Waals surface area (Å²) in [6, 6.07) is 1.59. The lowest BCUT2D eigenvalue weighted by molar-refractivity contribution is 0.670. The monoisotopic (exact) mass is 232 g/mol. The molecule has 2 aromatic heterocycles. The maximum atomic E-state index is 11.6. The highest BCUT2D eigenvalue weighted by Crippen LogP contribution is 2.03. The van der Waals surface area contributed by atoms with E-state index in [1.165, 1.54) is 10.8 Å². The van der Waals surface area contributed by atoms with Crippen molar-refractivity contribution in [1.82, 2.24) is 19.2 Å². The fourth-order valence-electron chi connectivity index (χ4n) is 1.81. The molecule has 0 saturated carbocycles. The van der Waals surface area contributed by atoms with Crippen LogP contribution in [0.2, 0.25) is 0 Å². The van der Waals surface area contributed by atoms with E-state index in [9.17, 15) is 4.79 Å². The van der Waals surface area contributed by atoms with Crippen molar-refractivity contribution in [2.45, 2.75) is 33.2 Å². The molecule has 0 fully saturated rings. The number of rotatable bonds is 4. The summed E-state index contributed by atoms with van der Waals surface area (Å²) < 4.78 is 3.34. The Hall–Kier alpha value is -1.91. The minimum Gasteiger partial charge on any atom is -0.314 e. The van der Waals surface area contributed by atoms with Crippen molar-refractivity contribution < 1.29 is 0 Å². The first kappa shape index (κ1) is 11.6. The lowest BCUT2D eigenvalue weighted by atomic mass is 10.3. The lowest BCUT2D eigenvalue weighted by Crippen LogP contribution is -2.20. The van der Waals surface area contributed by atoms with E-state index < -0.39 is 0 Å². The second kappa shape index (κ2) is 4.95. The maximum Gasteiger partial charge on any atom is 0.275 e. The molecule has 5 heteroatoms. The van der Waals surface area contributed by atoms with Crippen LogP contribution in [0.25, 0.3) is 5.78 Å². The van der Waals surface area contributed by atoms with Gasteiger partial charge in [0.15, 0.2) is 0 Å². The van der Waals surface area contributed by atoms with E-state index >= 15 is 0 Å². The standard InChI is InChI=1S/C12H16N4O/c1-3-4-5-6-7-15-10(2)8-11(17)16-12(15)13-9-14-16/h4-5,8-9H,3,6-7H2,1-2H3/b5-4+. The summed E-state index contributed by atoms with van der Waals surface area (Å²) in [6.07, 6.45) is 7.67. The Bertz CT molecular complexity index is 594. The predicted octanol–water partition coefficient (Wildman–Crippen LogP) is 1.56. The molecule has 0 spiro atoms. The average molecular weight is 232 g/mol. The zero-order valence-electron chi connectivity index (χ0n) is 10.1. The zero-order valence-corrected chi connectivity index (χ0v) is 10.1. The van der Waals surface area contributed by atoms with Crippen LogP contribution in [0.3, 0.4) is 0 Å². The molecule has 2 heterocycles. The number of aromatic nitrogens is 4. The van der Waals surface area contributed by atoms with Crippen molar-refractivity contribution >= 4 is 5.78 Å². The molecule has 0 saturated heterocycles. The van der Waals surface area contributed by atoms with Gasteiger partial charge in [-0.15, -0.1) is 0 Å². The van der Waals surface area contributed by atoms with Gasteiger partial charge in [0.05, 0.1) is 0 Å². The van der Waals surface area contributed by atoms with Crippen LogP contribution in [0.1, 0.15) is 25.5 Å². The number of aryl methyl sites for hydroxylation is 2. The lowest BCUT2D eigenvalue weighted by Gasteiger charge is -2.09. The molecule has 0 bridgehead atoms. The highest BCUT2D eigenvalue weighted by molar-refractivity contribution is 5.29. The van der Waals surface area contributed by atoms with Gasteiger partial charge in [-0.25, -0.2) is 0 Å². The molecule has 17 heavy (non-hydrogen) atoms. The van der Waals surface area contributed by atoms with Gasteiger partial charge >= 0.3 is 0 Å². The van der Waals surface area contributed by atoms with Crippen LogP contribution < -0.4 is 5.56 Å². The van der Waals surface area contributed by atoms with Crippen molar-refractivity contribution in [2.24, 2.45) is 0 Å². The van der Waals surface area contributed by atoms with Gasteiger partial charge in [0, 0.05) is 18.3 Å². The van der Waals surface area contributed by atoms with Crippen LogP contribution in [-0.4, -0.2) is 19.2 Å². The molecule has 0 aromatic carbocycles. The molecule has 0 N–H and O–H groups in total. The number of nitrogens with zero attached hydrogens (tertiary/aromatic N) is 4. The van der Waals surface area contributed by atoms with E-state index in [2.05, 4.69) is 29.2 Å². The third-order valence-corrected chi connectivity index (χ3v) is 2.66. The van der Waals surface area contributed by atoms with Crippen molar-refractivity contribution in [3.05, 3.63) is 40.6 Å². The topological polar surface area (TPSA) is 52.2 Å². The van der Waals surface area contributed by atoms with Crippen LogP contribution in [0, 0.1) is 6.92 Å². The Balaban J connectivity index is 2.36. The molecular weight excluding hydrogens is 216 g/mol. The molecular formula is C12H16N4O. The Labute approximate surface area is 99.4 Å². The molecule has 5 nitrogen and oxygen atoms in total. The van der Waals surface area contributed by atoms with Crippen LogP contribution in [0.15, 0.2) is 29.3 Å². The fraction of sp³-hybridized carbons (Fsp3) is 0.417. The Morgan fingerprint density at radius 2 is 2.24 bits per heavy atom. The maximum absolute atomic E-state index is 11.6. The molecule has 0 aliphatic rings. The van der Waals surface area contributed by atoms with Crippen molar-refractivity contribution in [1.29, 1.82) is 0 Å². The quantitative estimate of drug-likeness (QED) is 0.752. The van der Waals surface area contributed by atoms with Gasteiger partial charge in [0.25, 0.3) is 5.56 Å². The molecule has 2 aromatic rings. The third-order valence-electron chi connectivity index (χ3n) is 2.66. The van der Waals surface area contributed by atoms with E-state index in [-0.39, 0.29) is 5.56 Å². The minimum atomic E-state index is -0.129. The Morgan fingerprint density at radius 1 is 1.41 bits per heavy atom. The second-order valence-electron chi connectivity index (χ2n) is 3.92. The first-order chi connectivity index (χ1) is 8.24. The van der Waals surface area contributed by atoms with Crippen LogP contribution >= 0.6 is 0 Å². The summed E-state index contributed by atoms with van der Waals surface area (Å²) >= 11 is 0. The second-order valence-corrected chi connectivity index (χ2v) is 3.92. The molecule has 2 rings (SSSR count). The van der Waals surface area contributed by atoms with E-state index in [1.54, 1.807) is 6.07 Å². The Morgan fingerprint density at radius 3 is 3.00 bits per heavy atom. The molecule has 0 radical (unpaired) electrons. The van der Waals surface area contributed by atoms with E-state index in [4.69, 9.17) is 0 Å². The van der Waals surface area contributed by atoms with Gasteiger partial charge in [-0.05, 0) is 19.8 Å². The molecule has 0 unspecified atom stereocenters. The molecule has 90 valence electrons. The first-order valence-corrected chi connectivity index (χ1v) is 5.79. The van der Waals surface area contributed by atoms with Gasteiger partial charge < -0.3 is 4.57 Å². The summed E-state index contributed by atoms with van der Waals surface area (Å²) in [5.74, 6) is 0.611. The fourth-order valence-corrected chi connectivity index (χ4v) is 1.81. The summed E-state index contributed by atoms with van der Waals surface area (Å²) in [5, 5.41) is 3.92. The SMILES string of the molecule is CC/C=C/CCn1c(C)cc(=O)n2ncnc12. The van der Waals surface area contributed by atoms with Gasteiger partial charge in [-0.1, -0.05) is 19.1 Å². The third kappa shape index (κ3) is 2.27. The summed E-state index contributed by atoms with van der Waals surface area (Å²) in [7, 11) is 0. The smallest absolute Gasteiger partial charge is 0.275 e. The van der Waals surface area contributed by atoms with Crippen molar-refractivity contribution in [3.63, 3.8) is 0 Å². The number of hydrogen-bond acceptors (Lipinski definition) is 3.